The van der Waals surface area contributed by atoms with Gasteiger partial charge in [-0.15, -0.1) is 5.10 Å². The molecule has 9 nitrogen and oxygen atoms in total. The molecule has 2 aliphatic rings. The van der Waals surface area contributed by atoms with Crippen molar-refractivity contribution in [3.05, 3.63) is 66.5 Å². The maximum absolute atomic E-state index is 12.4. The molecule has 3 aromatic rings. The summed E-state index contributed by atoms with van der Waals surface area (Å²) >= 11 is 0. The maximum atomic E-state index is 12.4. The molecule has 0 radical (unpaired) electrons. The lowest BCUT2D eigenvalue weighted by Crippen LogP contribution is -2.39. The molecule has 1 aliphatic carbocycles. The second kappa shape index (κ2) is 9.40. The Kier molecular flexibility index (Phi) is 6.01. The highest BCUT2D eigenvalue weighted by Gasteiger charge is 2.48. The van der Waals surface area contributed by atoms with Crippen molar-refractivity contribution < 1.29 is 14.3 Å². The van der Waals surface area contributed by atoms with Crippen molar-refractivity contribution in [3.63, 3.8) is 0 Å². The van der Waals surface area contributed by atoms with Gasteiger partial charge < -0.3 is 14.8 Å². The number of carbonyl (C=O) groups excluding carboxylic acids is 1. The van der Waals surface area contributed by atoms with E-state index in [0.717, 1.165) is 37.8 Å². The molecule has 1 saturated carbocycles. The van der Waals surface area contributed by atoms with Gasteiger partial charge in [-0.05, 0) is 49.3 Å². The van der Waals surface area contributed by atoms with Crippen LogP contribution in [0.4, 0.5) is 16.6 Å². The van der Waals surface area contributed by atoms with Gasteiger partial charge in [-0.1, -0.05) is 30.3 Å². The van der Waals surface area contributed by atoms with Crippen molar-refractivity contribution >= 4 is 17.9 Å². The summed E-state index contributed by atoms with van der Waals surface area (Å²) in [7, 11) is 0. The van der Waals surface area contributed by atoms with Gasteiger partial charge in [0.25, 0.3) is 0 Å². The first-order valence-corrected chi connectivity index (χ1v) is 11.2. The predicted octanol–water partition coefficient (Wildman–Crippen LogP) is 3.84. The van der Waals surface area contributed by atoms with Gasteiger partial charge in [-0.3, -0.25) is 4.90 Å². The van der Waals surface area contributed by atoms with Gasteiger partial charge in [-0.25, -0.2) is 9.78 Å². The first-order valence-electron chi connectivity index (χ1n) is 11.2. The lowest BCUT2D eigenvalue weighted by molar-refractivity contribution is 0.0148. The van der Waals surface area contributed by atoms with Crippen molar-refractivity contribution in [2.75, 3.05) is 23.3 Å². The number of hydrogen-bond donors (Lipinski definition) is 1. The summed E-state index contributed by atoms with van der Waals surface area (Å²) in [5.74, 6) is 2.09. The van der Waals surface area contributed by atoms with Crippen LogP contribution in [-0.2, 0) is 11.3 Å². The van der Waals surface area contributed by atoms with Crippen molar-refractivity contribution in [1.29, 1.82) is 0 Å². The number of amides is 1. The molecular formula is C24H26N6O3. The fourth-order valence-corrected chi connectivity index (χ4v) is 4.38. The van der Waals surface area contributed by atoms with E-state index >= 15 is 0 Å². The number of nitrogens with one attached hydrogen (secondary N) is 1. The van der Waals surface area contributed by atoms with E-state index in [1.807, 2.05) is 30.3 Å². The van der Waals surface area contributed by atoms with E-state index in [0.29, 0.717) is 36.7 Å². The monoisotopic (exact) mass is 446 g/mol. The van der Waals surface area contributed by atoms with Gasteiger partial charge in [0.05, 0.1) is 6.54 Å². The smallest absolute Gasteiger partial charge is 0.416 e. The molecule has 2 aromatic heterocycles. The first kappa shape index (κ1) is 21.1. The molecular weight excluding hydrogens is 420 g/mol. The lowest BCUT2D eigenvalue weighted by Gasteiger charge is -2.35. The average molecular weight is 447 g/mol. The summed E-state index contributed by atoms with van der Waals surface area (Å²) in [6, 6.07) is 15.3. The van der Waals surface area contributed by atoms with Crippen molar-refractivity contribution in [1.82, 2.24) is 20.2 Å². The number of aromatic nitrogens is 4. The van der Waals surface area contributed by atoms with Gasteiger partial charge in [0, 0.05) is 25.0 Å². The molecule has 5 rings (SSSR count). The minimum Gasteiger partial charge on any atom is -0.473 e. The molecule has 2 fully saturated rings. The number of ether oxygens (including phenoxy) is 2. The largest absolute Gasteiger partial charge is 0.473 e. The highest BCUT2D eigenvalue weighted by atomic mass is 16.6. The fraction of sp³-hybridized carbons (Fsp3) is 0.375. The van der Waals surface area contributed by atoms with Gasteiger partial charge in [0.15, 0.2) is 5.82 Å². The molecule has 170 valence electrons. The van der Waals surface area contributed by atoms with Crippen LogP contribution in [0.5, 0.6) is 5.88 Å². The van der Waals surface area contributed by atoms with Crippen LogP contribution in [0.15, 0.2) is 60.9 Å². The van der Waals surface area contributed by atoms with Crippen LogP contribution in [0.3, 0.4) is 0 Å². The van der Waals surface area contributed by atoms with Crippen molar-refractivity contribution in [3.8, 4) is 5.88 Å². The maximum Gasteiger partial charge on any atom is 0.416 e. The van der Waals surface area contributed by atoms with E-state index in [-0.39, 0.29) is 6.09 Å². The van der Waals surface area contributed by atoms with Crippen LogP contribution in [0, 0.1) is 5.92 Å². The second-order valence-corrected chi connectivity index (χ2v) is 8.54. The van der Waals surface area contributed by atoms with E-state index in [1.165, 1.54) is 0 Å². The third-order valence-electron chi connectivity index (χ3n) is 6.23. The lowest BCUT2D eigenvalue weighted by atomic mass is 9.78. The van der Waals surface area contributed by atoms with E-state index in [4.69, 9.17) is 9.47 Å². The number of anilines is 2. The summed E-state index contributed by atoms with van der Waals surface area (Å²) in [5, 5.41) is 11.2. The average Bonchev–Trinajstić information content (AvgIpc) is 3.19. The molecule has 3 heterocycles. The summed E-state index contributed by atoms with van der Waals surface area (Å²) < 4.78 is 11.6. The zero-order valence-electron chi connectivity index (χ0n) is 18.3. The van der Waals surface area contributed by atoms with Gasteiger partial charge in [0.1, 0.15) is 12.2 Å². The van der Waals surface area contributed by atoms with E-state index < -0.39 is 5.60 Å². The second-order valence-electron chi connectivity index (χ2n) is 8.54. The molecule has 33 heavy (non-hydrogen) atoms. The van der Waals surface area contributed by atoms with E-state index in [9.17, 15) is 4.79 Å². The zero-order chi connectivity index (χ0) is 22.5. The number of carbonyl (C=O) groups is 1. The number of hydrogen-bond acceptors (Lipinski definition) is 8. The van der Waals surface area contributed by atoms with Crippen LogP contribution in [0.25, 0.3) is 0 Å². The summed E-state index contributed by atoms with van der Waals surface area (Å²) in [5.41, 5.74) is 0.652. The third-order valence-corrected chi connectivity index (χ3v) is 6.23. The Hall–Kier alpha value is -3.75. The molecule has 9 heteroatoms. The summed E-state index contributed by atoms with van der Waals surface area (Å²) in [4.78, 5) is 22.8. The molecule has 0 bridgehead atoms. The van der Waals surface area contributed by atoms with Crippen LogP contribution >= 0.6 is 0 Å². The molecule has 1 aliphatic heterocycles. The molecule has 1 N–H and O–H groups in total. The van der Waals surface area contributed by atoms with Crippen LogP contribution in [0.2, 0.25) is 0 Å². The van der Waals surface area contributed by atoms with Crippen LogP contribution in [0.1, 0.15) is 31.2 Å². The topological polar surface area (TPSA) is 102 Å². The quantitative estimate of drug-likeness (QED) is 0.584. The van der Waals surface area contributed by atoms with Crippen LogP contribution < -0.4 is 15.0 Å². The SMILES string of the molecule is O=C1O[C@]2(CC[C@H](CNc3nccc(OCc4ccccc4)n3)CC2)CN1c1cccnn1. The summed E-state index contributed by atoms with van der Waals surface area (Å²) in [6.45, 7) is 1.75. The molecule has 1 saturated heterocycles. The van der Waals surface area contributed by atoms with Crippen molar-refractivity contribution in [2.45, 2.75) is 37.9 Å². The fourth-order valence-electron chi connectivity index (χ4n) is 4.38. The minimum atomic E-state index is -0.438. The minimum absolute atomic E-state index is 0.340. The highest BCUT2D eigenvalue weighted by Crippen LogP contribution is 2.40. The Morgan fingerprint density at radius 1 is 1.09 bits per heavy atom. The number of benzene rings is 1. The Labute approximate surface area is 192 Å². The molecule has 0 atom stereocenters. The summed E-state index contributed by atoms with van der Waals surface area (Å²) in [6.07, 6.45) is 6.51. The molecule has 0 unspecified atom stereocenters. The Morgan fingerprint density at radius 2 is 1.94 bits per heavy atom. The Morgan fingerprint density at radius 3 is 2.73 bits per heavy atom. The van der Waals surface area contributed by atoms with Gasteiger partial charge >= 0.3 is 6.09 Å². The van der Waals surface area contributed by atoms with Crippen molar-refractivity contribution in [2.24, 2.45) is 5.92 Å². The predicted molar refractivity (Wildman–Crippen MR) is 122 cm³/mol. The van der Waals surface area contributed by atoms with E-state index in [2.05, 4.69) is 25.5 Å². The molecule has 1 aromatic carbocycles. The standard InChI is InChI=1S/C24H26N6O3/c31-23-30(20-7-4-13-27-29-20)17-24(33-23)11-8-18(9-12-24)15-26-22-25-14-10-21(28-22)32-16-19-5-2-1-3-6-19/h1-7,10,13-14,18H,8-9,11-12,15-17H2,(H,25,26,28)/t18-,24-. The third kappa shape index (κ3) is 5.02. The zero-order valence-corrected chi connectivity index (χ0v) is 18.3. The van der Waals surface area contributed by atoms with Gasteiger partial charge in [-0.2, -0.15) is 10.1 Å². The Bertz CT molecular complexity index is 1070. The Balaban J connectivity index is 1.11. The highest BCUT2D eigenvalue weighted by molar-refractivity contribution is 5.89. The number of rotatable bonds is 7. The number of nitrogens with zero attached hydrogens (tertiary/aromatic N) is 5. The van der Waals surface area contributed by atoms with Gasteiger partial charge in [0.2, 0.25) is 11.8 Å². The molecule has 1 spiro atoms. The normalized spacial score (nSPS) is 22.2. The first-order chi connectivity index (χ1) is 16.2. The molecule has 1 amide bonds. The van der Waals surface area contributed by atoms with Crippen LogP contribution in [-0.4, -0.2) is 44.9 Å². The van der Waals surface area contributed by atoms with E-state index in [1.54, 1.807) is 35.5 Å².